The summed E-state index contributed by atoms with van der Waals surface area (Å²) in [7, 11) is 0. The monoisotopic (exact) mass is 345 g/mol. The van der Waals surface area contributed by atoms with Gasteiger partial charge >= 0.3 is 0 Å². The average molecular weight is 345 g/mol. The van der Waals surface area contributed by atoms with Crippen LogP contribution in [-0.2, 0) is 9.59 Å². The molecule has 2 unspecified atom stereocenters. The fourth-order valence-electron chi connectivity index (χ4n) is 3.42. The molecular formula is C19H27N3O3. The van der Waals surface area contributed by atoms with Crippen LogP contribution in [0.2, 0.25) is 0 Å². The topological polar surface area (TPSA) is 75.9 Å². The van der Waals surface area contributed by atoms with Crippen LogP contribution in [0.25, 0.3) is 0 Å². The van der Waals surface area contributed by atoms with Gasteiger partial charge in [0.15, 0.2) is 6.10 Å². The van der Waals surface area contributed by atoms with Crippen LogP contribution in [-0.4, -0.2) is 42.5 Å². The summed E-state index contributed by atoms with van der Waals surface area (Å²) in [5, 5.41) is 0. The third-order valence-corrected chi connectivity index (χ3v) is 4.98. The first-order valence-electron chi connectivity index (χ1n) is 9.16. The molecule has 136 valence electrons. The predicted octanol–water partition coefficient (Wildman–Crippen LogP) is 2.22. The molecule has 0 spiro atoms. The molecule has 0 aliphatic carbocycles. The quantitative estimate of drug-likeness (QED) is 0.908. The normalized spacial score (nSPS) is 21.6. The first kappa shape index (κ1) is 17.7. The Balaban J connectivity index is 1.89. The van der Waals surface area contributed by atoms with Crippen LogP contribution in [0.3, 0.4) is 0 Å². The van der Waals surface area contributed by atoms with Crippen LogP contribution in [0.5, 0.6) is 5.75 Å². The molecule has 2 heterocycles. The lowest BCUT2D eigenvalue weighted by molar-refractivity contribution is -0.134. The minimum atomic E-state index is -0.539. The van der Waals surface area contributed by atoms with Gasteiger partial charge in [0.2, 0.25) is 5.91 Å². The second-order valence-electron chi connectivity index (χ2n) is 6.90. The number of rotatable bonds is 4. The Morgan fingerprint density at radius 3 is 2.68 bits per heavy atom. The molecule has 0 radical (unpaired) electrons. The number of nitrogens with zero attached hydrogens (tertiary/aromatic N) is 2. The number of anilines is 1. The van der Waals surface area contributed by atoms with Gasteiger partial charge in [0.05, 0.1) is 5.69 Å². The number of amides is 2. The molecule has 1 saturated heterocycles. The molecule has 2 N–H and O–H groups in total. The van der Waals surface area contributed by atoms with E-state index < -0.39 is 6.10 Å². The first-order valence-corrected chi connectivity index (χ1v) is 9.16. The van der Waals surface area contributed by atoms with Crippen molar-refractivity contribution in [3.63, 3.8) is 0 Å². The van der Waals surface area contributed by atoms with Crippen molar-refractivity contribution in [2.75, 3.05) is 24.5 Å². The number of ether oxygens (including phenoxy) is 1. The maximum atomic E-state index is 12.8. The fraction of sp³-hybridized carbons (Fsp3) is 0.579. The van der Waals surface area contributed by atoms with Gasteiger partial charge in [0.1, 0.15) is 12.3 Å². The summed E-state index contributed by atoms with van der Waals surface area (Å²) >= 11 is 0. The summed E-state index contributed by atoms with van der Waals surface area (Å²) in [6.07, 6.45) is 3.26. The lowest BCUT2D eigenvalue weighted by Gasteiger charge is -2.36. The third-order valence-electron chi connectivity index (χ3n) is 4.98. The molecule has 6 heteroatoms. The molecular weight excluding hydrogens is 318 g/mol. The van der Waals surface area contributed by atoms with Crippen molar-refractivity contribution in [2.45, 2.75) is 51.7 Å². The highest BCUT2D eigenvalue weighted by atomic mass is 16.5. The maximum Gasteiger partial charge on any atom is 0.268 e. The van der Waals surface area contributed by atoms with Gasteiger partial charge in [-0.05, 0) is 50.3 Å². The molecule has 25 heavy (non-hydrogen) atoms. The Bertz CT molecular complexity index is 653. The van der Waals surface area contributed by atoms with Gasteiger partial charge in [-0.2, -0.15) is 0 Å². The summed E-state index contributed by atoms with van der Waals surface area (Å²) in [5.74, 6) is 0.492. The van der Waals surface area contributed by atoms with Crippen molar-refractivity contribution in [1.82, 2.24) is 4.90 Å². The summed E-state index contributed by atoms with van der Waals surface area (Å²) in [4.78, 5) is 29.0. The SMILES string of the molecule is CCC1Oc2ccc(C(C)N)cc2N(CC(=O)N2CCCCC2)C1=O. The summed E-state index contributed by atoms with van der Waals surface area (Å²) < 4.78 is 5.83. The molecule has 1 fully saturated rings. The number of carbonyl (C=O) groups is 2. The van der Waals surface area contributed by atoms with Gasteiger partial charge in [0.25, 0.3) is 5.91 Å². The molecule has 2 atom stereocenters. The van der Waals surface area contributed by atoms with Crippen molar-refractivity contribution in [3.05, 3.63) is 23.8 Å². The summed E-state index contributed by atoms with van der Waals surface area (Å²) in [5.41, 5.74) is 7.54. The van der Waals surface area contributed by atoms with Crippen LogP contribution < -0.4 is 15.4 Å². The summed E-state index contributed by atoms with van der Waals surface area (Å²) in [6.45, 7) is 5.43. The van der Waals surface area contributed by atoms with Gasteiger partial charge < -0.3 is 15.4 Å². The second kappa shape index (κ2) is 7.44. The van der Waals surface area contributed by atoms with E-state index in [1.165, 1.54) is 6.42 Å². The molecule has 3 rings (SSSR count). The molecule has 1 aromatic carbocycles. The molecule has 2 amide bonds. The molecule has 0 saturated carbocycles. The van der Waals surface area contributed by atoms with Crippen LogP contribution in [0, 0.1) is 0 Å². The number of carbonyl (C=O) groups excluding carboxylic acids is 2. The lowest BCUT2D eigenvalue weighted by Crippen LogP contribution is -2.51. The first-order chi connectivity index (χ1) is 12.0. The Labute approximate surface area is 148 Å². The van der Waals surface area contributed by atoms with Gasteiger partial charge in [-0.25, -0.2) is 0 Å². The van der Waals surface area contributed by atoms with Crippen LogP contribution in [0.15, 0.2) is 18.2 Å². The highest BCUT2D eigenvalue weighted by molar-refractivity contribution is 6.04. The van der Waals surface area contributed by atoms with Gasteiger partial charge in [-0.1, -0.05) is 13.0 Å². The minimum absolute atomic E-state index is 0.00181. The molecule has 1 aromatic rings. The number of piperidine rings is 1. The molecule has 2 aliphatic rings. The van der Waals surface area contributed by atoms with Crippen molar-refractivity contribution in [3.8, 4) is 5.75 Å². The second-order valence-corrected chi connectivity index (χ2v) is 6.90. The molecule has 2 aliphatic heterocycles. The van der Waals surface area contributed by atoms with Gasteiger partial charge in [-0.3, -0.25) is 14.5 Å². The average Bonchev–Trinajstić information content (AvgIpc) is 2.63. The lowest BCUT2D eigenvalue weighted by atomic mass is 10.0. The van der Waals surface area contributed by atoms with E-state index in [0.29, 0.717) is 17.9 Å². The Kier molecular flexibility index (Phi) is 5.27. The maximum absolute atomic E-state index is 12.8. The number of hydrogen-bond acceptors (Lipinski definition) is 4. The number of likely N-dealkylation sites (tertiary alicyclic amines) is 1. The van der Waals surface area contributed by atoms with E-state index >= 15 is 0 Å². The van der Waals surface area contributed by atoms with E-state index in [0.717, 1.165) is 31.5 Å². The Morgan fingerprint density at radius 2 is 2.04 bits per heavy atom. The molecule has 0 aromatic heterocycles. The molecule has 0 bridgehead atoms. The van der Waals surface area contributed by atoms with E-state index in [1.54, 1.807) is 4.90 Å². The van der Waals surface area contributed by atoms with Crippen LogP contribution in [0.1, 0.15) is 51.1 Å². The van der Waals surface area contributed by atoms with E-state index in [1.807, 2.05) is 36.9 Å². The zero-order chi connectivity index (χ0) is 18.0. The number of nitrogens with two attached hydrogens (primary N) is 1. The molecule has 6 nitrogen and oxygen atoms in total. The largest absolute Gasteiger partial charge is 0.478 e. The van der Waals surface area contributed by atoms with Gasteiger partial charge in [-0.15, -0.1) is 0 Å². The van der Waals surface area contributed by atoms with E-state index in [4.69, 9.17) is 10.5 Å². The van der Waals surface area contributed by atoms with E-state index in [2.05, 4.69) is 0 Å². The highest BCUT2D eigenvalue weighted by Gasteiger charge is 2.35. The number of hydrogen-bond donors (Lipinski definition) is 1. The Morgan fingerprint density at radius 1 is 1.32 bits per heavy atom. The highest BCUT2D eigenvalue weighted by Crippen LogP contribution is 2.36. The van der Waals surface area contributed by atoms with Crippen molar-refractivity contribution in [2.24, 2.45) is 5.73 Å². The predicted molar refractivity (Wildman–Crippen MR) is 96.5 cm³/mol. The van der Waals surface area contributed by atoms with Crippen LogP contribution >= 0.6 is 0 Å². The number of fused-ring (bicyclic) bond motifs is 1. The zero-order valence-corrected chi connectivity index (χ0v) is 15.0. The fourth-order valence-corrected chi connectivity index (χ4v) is 3.42. The van der Waals surface area contributed by atoms with Gasteiger partial charge in [0, 0.05) is 19.1 Å². The summed E-state index contributed by atoms with van der Waals surface area (Å²) in [6, 6.07) is 5.48. The van der Waals surface area contributed by atoms with Crippen molar-refractivity contribution < 1.29 is 14.3 Å². The smallest absolute Gasteiger partial charge is 0.268 e. The third kappa shape index (κ3) is 3.63. The van der Waals surface area contributed by atoms with Crippen molar-refractivity contribution in [1.29, 1.82) is 0 Å². The zero-order valence-electron chi connectivity index (χ0n) is 15.0. The minimum Gasteiger partial charge on any atom is -0.478 e. The number of benzene rings is 1. The standard InChI is InChI=1S/C19H27N3O3/c1-3-16-19(24)22(12-18(23)21-9-5-4-6-10-21)15-11-14(13(2)20)7-8-17(15)25-16/h7-8,11,13,16H,3-6,9-10,12,20H2,1-2H3. The Hall–Kier alpha value is -2.08. The van der Waals surface area contributed by atoms with Crippen molar-refractivity contribution >= 4 is 17.5 Å². The van der Waals surface area contributed by atoms with E-state index in [-0.39, 0.29) is 24.4 Å². The van der Waals surface area contributed by atoms with E-state index in [9.17, 15) is 9.59 Å². The van der Waals surface area contributed by atoms with Crippen LogP contribution in [0.4, 0.5) is 5.69 Å².